The lowest BCUT2D eigenvalue weighted by atomic mass is 9.86. The predicted molar refractivity (Wildman–Crippen MR) is 92.4 cm³/mol. The molecule has 0 spiro atoms. The molecular weight excluding hydrogens is 288 g/mol. The molecule has 4 rings (SSSR count). The van der Waals surface area contributed by atoms with Crippen LogP contribution in [0.2, 0.25) is 0 Å². The molecule has 1 saturated heterocycles. The number of nitrogens with zero attached hydrogens (tertiary/aromatic N) is 2. The molecule has 2 heterocycles. The van der Waals surface area contributed by atoms with Crippen molar-refractivity contribution in [3.63, 3.8) is 0 Å². The van der Waals surface area contributed by atoms with Gasteiger partial charge in [0.1, 0.15) is 5.01 Å². The molecule has 2 aliphatic rings. The Morgan fingerprint density at radius 3 is 2.68 bits per heavy atom. The SMILES string of the molecule is CC1CC(c2ccccc2)CCN1Cc1nc(C2CC2)cs1. The Bertz CT molecular complexity index is 617. The summed E-state index contributed by atoms with van der Waals surface area (Å²) < 4.78 is 0. The quantitative estimate of drug-likeness (QED) is 0.807. The molecule has 1 aliphatic heterocycles. The summed E-state index contributed by atoms with van der Waals surface area (Å²) in [6.07, 6.45) is 5.24. The Balaban J connectivity index is 1.38. The molecule has 2 nitrogen and oxygen atoms in total. The minimum absolute atomic E-state index is 0.646. The highest BCUT2D eigenvalue weighted by Gasteiger charge is 2.29. The van der Waals surface area contributed by atoms with Gasteiger partial charge in [-0.25, -0.2) is 4.98 Å². The predicted octanol–water partition coefficient (Wildman–Crippen LogP) is 4.79. The molecular formula is C19H24N2S. The second-order valence-corrected chi connectivity index (χ2v) is 7.83. The summed E-state index contributed by atoms with van der Waals surface area (Å²) in [5.74, 6) is 1.51. The zero-order valence-electron chi connectivity index (χ0n) is 13.2. The first kappa shape index (κ1) is 14.4. The number of hydrogen-bond donors (Lipinski definition) is 0. The topological polar surface area (TPSA) is 16.1 Å². The second kappa shape index (κ2) is 6.13. The van der Waals surface area contributed by atoms with E-state index in [-0.39, 0.29) is 0 Å². The highest BCUT2D eigenvalue weighted by Crippen LogP contribution is 2.40. The van der Waals surface area contributed by atoms with Crippen LogP contribution in [0.3, 0.4) is 0 Å². The van der Waals surface area contributed by atoms with E-state index in [9.17, 15) is 0 Å². The summed E-state index contributed by atoms with van der Waals surface area (Å²) in [5.41, 5.74) is 2.87. The minimum atomic E-state index is 0.646. The van der Waals surface area contributed by atoms with Gasteiger partial charge in [0.25, 0.3) is 0 Å². The molecule has 22 heavy (non-hydrogen) atoms. The van der Waals surface area contributed by atoms with Gasteiger partial charge in [-0.1, -0.05) is 30.3 Å². The van der Waals surface area contributed by atoms with Gasteiger partial charge in [0.05, 0.1) is 12.2 Å². The summed E-state index contributed by atoms with van der Waals surface area (Å²) in [5, 5.41) is 3.60. The molecule has 2 atom stereocenters. The van der Waals surface area contributed by atoms with E-state index >= 15 is 0 Å². The number of thiazole rings is 1. The van der Waals surface area contributed by atoms with Crippen molar-refractivity contribution < 1.29 is 0 Å². The molecule has 2 unspecified atom stereocenters. The van der Waals surface area contributed by atoms with Gasteiger partial charge in [-0.2, -0.15) is 0 Å². The normalized spacial score (nSPS) is 26.2. The molecule has 0 bridgehead atoms. The van der Waals surface area contributed by atoms with Crippen LogP contribution in [0.15, 0.2) is 35.7 Å². The van der Waals surface area contributed by atoms with Gasteiger partial charge in [-0.3, -0.25) is 4.90 Å². The van der Waals surface area contributed by atoms with E-state index in [2.05, 4.69) is 47.5 Å². The van der Waals surface area contributed by atoms with Crippen LogP contribution in [0.25, 0.3) is 0 Å². The molecule has 1 saturated carbocycles. The van der Waals surface area contributed by atoms with Crippen LogP contribution in [-0.2, 0) is 6.54 Å². The van der Waals surface area contributed by atoms with Crippen molar-refractivity contribution in [3.05, 3.63) is 52.0 Å². The minimum Gasteiger partial charge on any atom is -0.294 e. The Morgan fingerprint density at radius 1 is 1.14 bits per heavy atom. The largest absolute Gasteiger partial charge is 0.294 e. The summed E-state index contributed by atoms with van der Waals surface area (Å²) in [6, 6.07) is 11.7. The van der Waals surface area contributed by atoms with Crippen LogP contribution in [-0.4, -0.2) is 22.5 Å². The molecule has 116 valence electrons. The van der Waals surface area contributed by atoms with E-state index in [1.54, 1.807) is 0 Å². The van der Waals surface area contributed by atoms with E-state index in [0.717, 1.165) is 18.4 Å². The van der Waals surface area contributed by atoms with Crippen molar-refractivity contribution in [2.75, 3.05) is 6.54 Å². The Morgan fingerprint density at radius 2 is 1.95 bits per heavy atom. The van der Waals surface area contributed by atoms with Crippen molar-refractivity contribution in [2.45, 2.75) is 57.0 Å². The van der Waals surface area contributed by atoms with Crippen LogP contribution in [0, 0.1) is 0 Å². The number of rotatable bonds is 4. The van der Waals surface area contributed by atoms with Gasteiger partial charge < -0.3 is 0 Å². The lowest BCUT2D eigenvalue weighted by Gasteiger charge is -2.37. The van der Waals surface area contributed by atoms with Crippen LogP contribution >= 0.6 is 11.3 Å². The molecule has 2 aromatic rings. The Hall–Kier alpha value is -1.19. The molecule has 2 fully saturated rings. The number of hydrogen-bond acceptors (Lipinski definition) is 3. The van der Waals surface area contributed by atoms with E-state index in [1.165, 1.54) is 48.5 Å². The van der Waals surface area contributed by atoms with Gasteiger partial charge in [-0.05, 0) is 50.6 Å². The highest BCUT2D eigenvalue weighted by atomic mass is 32.1. The summed E-state index contributed by atoms with van der Waals surface area (Å²) >= 11 is 1.86. The first-order valence-electron chi connectivity index (χ1n) is 8.53. The van der Waals surface area contributed by atoms with E-state index in [4.69, 9.17) is 4.98 Å². The van der Waals surface area contributed by atoms with Crippen LogP contribution in [0.1, 0.15) is 60.7 Å². The second-order valence-electron chi connectivity index (χ2n) is 6.89. The first-order valence-corrected chi connectivity index (χ1v) is 9.41. The third kappa shape index (κ3) is 3.11. The zero-order chi connectivity index (χ0) is 14.9. The van der Waals surface area contributed by atoms with Crippen molar-refractivity contribution in [3.8, 4) is 0 Å². The van der Waals surface area contributed by atoms with Crippen molar-refractivity contribution in [2.24, 2.45) is 0 Å². The number of benzene rings is 1. The molecule has 3 heteroatoms. The Labute approximate surface area is 137 Å². The molecule has 0 amide bonds. The monoisotopic (exact) mass is 312 g/mol. The standard InChI is InChI=1S/C19H24N2S/c1-14-11-17(15-5-3-2-4-6-15)9-10-21(14)12-19-20-18(13-22-19)16-7-8-16/h2-6,13-14,16-17H,7-12H2,1H3. The maximum atomic E-state index is 4.85. The molecule has 0 N–H and O–H groups in total. The third-order valence-electron chi connectivity index (χ3n) is 5.19. The highest BCUT2D eigenvalue weighted by molar-refractivity contribution is 7.09. The first-order chi connectivity index (χ1) is 10.8. The average Bonchev–Trinajstić information content (AvgIpc) is 3.30. The van der Waals surface area contributed by atoms with Crippen LogP contribution < -0.4 is 0 Å². The van der Waals surface area contributed by atoms with Gasteiger partial charge in [0.2, 0.25) is 0 Å². The fourth-order valence-corrected chi connectivity index (χ4v) is 4.52. The Kier molecular flexibility index (Phi) is 4.01. The van der Waals surface area contributed by atoms with E-state index < -0.39 is 0 Å². The van der Waals surface area contributed by atoms with Crippen LogP contribution in [0.5, 0.6) is 0 Å². The lowest BCUT2D eigenvalue weighted by molar-refractivity contribution is 0.138. The summed E-state index contributed by atoms with van der Waals surface area (Å²) in [4.78, 5) is 7.47. The van der Waals surface area contributed by atoms with E-state index in [1.807, 2.05) is 11.3 Å². The fraction of sp³-hybridized carbons (Fsp3) is 0.526. The summed E-state index contributed by atoms with van der Waals surface area (Å²) in [6.45, 7) is 4.61. The molecule has 1 aromatic heterocycles. The number of aromatic nitrogens is 1. The maximum absolute atomic E-state index is 4.85. The number of likely N-dealkylation sites (tertiary alicyclic amines) is 1. The van der Waals surface area contributed by atoms with Crippen molar-refractivity contribution in [1.82, 2.24) is 9.88 Å². The van der Waals surface area contributed by atoms with Crippen LogP contribution in [0.4, 0.5) is 0 Å². The third-order valence-corrected chi connectivity index (χ3v) is 6.04. The van der Waals surface area contributed by atoms with E-state index in [0.29, 0.717) is 6.04 Å². The maximum Gasteiger partial charge on any atom is 0.107 e. The molecule has 1 aromatic carbocycles. The van der Waals surface area contributed by atoms with Crippen molar-refractivity contribution >= 4 is 11.3 Å². The van der Waals surface area contributed by atoms with Crippen molar-refractivity contribution in [1.29, 1.82) is 0 Å². The summed E-state index contributed by atoms with van der Waals surface area (Å²) in [7, 11) is 0. The smallest absolute Gasteiger partial charge is 0.107 e. The molecule has 1 aliphatic carbocycles. The average molecular weight is 312 g/mol. The number of piperidine rings is 1. The van der Waals surface area contributed by atoms with Gasteiger partial charge >= 0.3 is 0 Å². The van der Waals surface area contributed by atoms with Gasteiger partial charge in [0, 0.05) is 17.3 Å². The van der Waals surface area contributed by atoms with Gasteiger partial charge in [-0.15, -0.1) is 11.3 Å². The molecule has 0 radical (unpaired) electrons. The lowest BCUT2D eigenvalue weighted by Crippen LogP contribution is -2.39. The van der Waals surface area contributed by atoms with Gasteiger partial charge in [0.15, 0.2) is 0 Å². The zero-order valence-corrected chi connectivity index (χ0v) is 14.1. The fourth-order valence-electron chi connectivity index (χ4n) is 3.62.